The molecule has 1 aromatic heterocycles. The minimum Gasteiger partial charge on any atom is -0.456 e. The quantitative estimate of drug-likeness (QED) is 0.305. The molecule has 0 unspecified atom stereocenters. The fourth-order valence-electron chi connectivity index (χ4n) is 1.81. The van der Waals surface area contributed by atoms with Gasteiger partial charge in [-0.2, -0.15) is 8.42 Å². The summed E-state index contributed by atoms with van der Waals surface area (Å²) in [4.78, 5) is 12.2. The van der Waals surface area contributed by atoms with E-state index < -0.39 is 13.2 Å². The number of thiol groups is 1. The number of ether oxygens (including phenoxy) is 1. The SMILES string of the molecule is O=C(OCc1ccccc1)c1cc(CNS)cn1S(=O)(=O)I. The number of nitrogens with one attached hydrogen (secondary N) is 1. The van der Waals surface area contributed by atoms with Crippen LogP contribution in [-0.4, -0.2) is 18.4 Å². The van der Waals surface area contributed by atoms with Crippen LogP contribution < -0.4 is 4.72 Å². The van der Waals surface area contributed by atoms with E-state index in [1.807, 2.05) is 30.3 Å². The monoisotopic (exact) mass is 452 g/mol. The molecule has 0 fully saturated rings. The number of carbonyl (C=O) groups excluding carboxylic acids is 1. The lowest BCUT2D eigenvalue weighted by Gasteiger charge is -2.06. The predicted molar refractivity (Wildman–Crippen MR) is 94.2 cm³/mol. The summed E-state index contributed by atoms with van der Waals surface area (Å²) in [6.07, 6.45) is 1.37. The zero-order valence-electron chi connectivity index (χ0n) is 11.3. The van der Waals surface area contributed by atoms with Crippen molar-refractivity contribution in [2.24, 2.45) is 0 Å². The van der Waals surface area contributed by atoms with Crippen molar-refractivity contribution >= 4 is 47.2 Å². The summed E-state index contributed by atoms with van der Waals surface area (Å²) in [5.74, 6) is -0.700. The zero-order chi connectivity index (χ0) is 16.2. The molecule has 0 spiro atoms. The second kappa shape index (κ2) is 7.49. The first-order valence-electron chi connectivity index (χ1n) is 6.16. The third-order valence-electron chi connectivity index (χ3n) is 2.78. The number of hydrogen-bond acceptors (Lipinski definition) is 6. The van der Waals surface area contributed by atoms with Crippen LogP contribution in [0.3, 0.4) is 0 Å². The molecule has 2 rings (SSSR count). The largest absolute Gasteiger partial charge is 0.456 e. The Hall–Kier alpha value is -1.04. The van der Waals surface area contributed by atoms with E-state index >= 15 is 0 Å². The number of carbonyl (C=O) groups is 1. The van der Waals surface area contributed by atoms with Crippen molar-refractivity contribution in [3.8, 4) is 0 Å². The Morgan fingerprint density at radius 1 is 1.27 bits per heavy atom. The molecular formula is C13H13IN2O4S2. The molecule has 0 aliphatic heterocycles. The van der Waals surface area contributed by atoms with E-state index in [2.05, 4.69) is 17.5 Å². The van der Waals surface area contributed by atoms with Gasteiger partial charge in [0.2, 0.25) is 0 Å². The van der Waals surface area contributed by atoms with Gasteiger partial charge in [0.15, 0.2) is 0 Å². The summed E-state index contributed by atoms with van der Waals surface area (Å²) >= 11 is 5.13. The van der Waals surface area contributed by atoms with Crippen molar-refractivity contribution in [3.63, 3.8) is 0 Å². The van der Waals surface area contributed by atoms with Gasteiger partial charge in [0.25, 0.3) is 7.19 Å². The minimum atomic E-state index is -3.63. The van der Waals surface area contributed by atoms with Crippen molar-refractivity contribution in [3.05, 3.63) is 59.4 Å². The molecule has 1 N–H and O–H groups in total. The summed E-state index contributed by atoms with van der Waals surface area (Å²) in [6.45, 7) is 0.396. The second-order valence-corrected chi connectivity index (χ2v) is 9.24. The highest BCUT2D eigenvalue weighted by molar-refractivity contribution is 14.2. The van der Waals surface area contributed by atoms with Gasteiger partial charge in [-0.3, -0.25) is 4.72 Å². The van der Waals surface area contributed by atoms with Crippen LogP contribution in [0.1, 0.15) is 21.6 Å². The van der Waals surface area contributed by atoms with Crippen LogP contribution in [0.25, 0.3) is 0 Å². The Kier molecular flexibility index (Phi) is 5.89. The van der Waals surface area contributed by atoms with E-state index in [1.54, 1.807) is 0 Å². The Morgan fingerprint density at radius 2 is 1.95 bits per heavy atom. The van der Waals surface area contributed by atoms with E-state index in [9.17, 15) is 13.2 Å². The molecule has 0 radical (unpaired) electrons. The smallest absolute Gasteiger partial charge is 0.356 e. The molecule has 0 bridgehead atoms. The molecule has 0 aliphatic carbocycles. The zero-order valence-corrected chi connectivity index (χ0v) is 15.1. The molecular weight excluding hydrogens is 439 g/mol. The molecule has 6 nitrogen and oxygen atoms in total. The van der Waals surface area contributed by atoms with E-state index in [-0.39, 0.29) is 12.3 Å². The highest BCUT2D eigenvalue weighted by Crippen LogP contribution is 2.18. The molecule has 2 aromatic rings. The molecule has 9 heteroatoms. The van der Waals surface area contributed by atoms with Crippen LogP contribution in [-0.2, 0) is 25.1 Å². The van der Waals surface area contributed by atoms with Crippen molar-refractivity contribution in [1.82, 2.24) is 8.69 Å². The number of halogens is 1. The van der Waals surface area contributed by atoms with Crippen LogP contribution in [0.4, 0.5) is 0 Å². The number of benzene rings is 1. The van der Waals surface area contributed by atoms with E-state index in [4.69, 9.17) is 4.74 Å². The Balaban J connectivity index is 2.21. The fourth-order valence-corrected chi connectivity index (χ4v) is 3.59. The van der Waals surface area contributed by atoms with Crippen LogP contribution >= 0.6 is 34.0 Å². The third-order valence-corrected chi connectivity index (χ3v) is 4.99. The molecule has 22 heavy (non-hydrogen) atoms. The molecule has 1 aromatic carbocycles. The second-order valence-electron chi connectivity index (χ2n) is 4.37. The predicted octanol–water partition coefficient (Wildman–Crippen LogP) is 2.31. The first kappa shape index (κ1) is 17.3. The van der Waals surface area contributed by atoms with Crippen LogP contribution in [0.2, 0.25) is 0 Å². The van der Waals surface area contributed by atoms with Crippen LogP contribution in [0, 0.1) is 0 Å². The Morgan fingerprint density at radius 3 is 2.55 bits per heavy atom. The maximum Gasteiger partial charge on any atom is 0.356 e. The van der Waals surface area contributed by atoms with Crippen LogP contribution in [0.15, 0.2) is 42.6 Å². The first-order chi connectivity index (χ1) is 10.4. The molecule has 0 aliphatic rings. The van der Waals surface area contributed by atoms with E-state index in [0.717, 1.165) is 9.54 Å². The van der Waals surface area contributed by atoms with E-state index in [0.29, 0.717) is 12.1 Å². The van der Waals surface area contributed by atoms with Crippen molar-refractivity contribution in [2.45, 2.75) is 13.2 Å². The third kappa shape index (κ3) is 4.48. The number of aromatic nitrogens is 1. The summed E-state index contributed by atoms with van der Waals surface area (Å²) in [5.41, 5.74) is 1.40. The molecule has 1 heterocycles. The highest BCUT2D eigenvalue weighted by atomic mass is 127. The molecule has 0 amide bonds. The average Bonchev–Trinajstić information content (AvgIpc) is 2.90. The maximum absolute atomic E-state index is 12.2. The summed E-state index contributed by atoms with van der Waals surface area (Å²) < 4.78 is 32.2. The normalized spacial score (nSPS) is 11.4. The van der Waals surface area contributed by atoms with Gasteiger partial charge >= 0.3 is 5.97 Å². The first-order valence-corrected chi connectivity index (χ1v) is 10.6. The standard InChI is InChI=1S/C13H13IN2O4S2/c14-22(18,19)16-8-11(7-15-21)6-12(16)13(17)20-9-10-4-2-1-3-5-10/h1-6,8,15,21H,7,9H2. The van der Waals surface area contributed by atoms with Gasteiger partial charge < -0.3 is 4.74 Å². The minimum absolute atomic E-state index is 0.0380. The Labute approximate surface area is 146 Å². The van der Waals surface area contributed by atoms with Crippen molar-refractivity contribution in [1.29, 1.82) is 0 Å². The van der Waals surface area contributed by atoms with Gasteiger partial charge in [0.05, 0.1) is 21.2 Å². The maximum atomic E-state index is 12.2. The summed E-state index contributed by atoms with van der Waals surface area (Å²) in [5, 5.41) is 0. The van der Waals surface area contributed by atoms with E-state index in [1.165, 1.54) is 33.5 Å². The van der Waals surface area contributed by atoms with Crippen molar-refractivity contribution in [2.75, 3.05) is 0 Å². The fraction of sp³-hybridized carbons (Fsp3) is 0.154. The number of nitrogens with zero attached hydrogens (tertiary/aromatic N) is 1. The topological polar surface area (TPSA) is 77.4 Å². The molecule has 0 saturated carbocycles. The van der Waals surface area contributed by atoms with Gasteiger partial charge in [-0.1, -0.05) is 43.1 Å². The van der Waals surface area contributed by atoms with Gasteiger partial charge in [-0.05, 0) is 17.2 Å². The lowest BCUT2D eigenvalue weighted by molar-refractivity contribution is 0.0464. The lowest BCUT2D eigenvalue weighted by atomic mass is 10.2. The molecule has 0 saturated heterocycles. The molecule has 0 atom stereocenters. The average molecular weight is 452 g/mol. The summed E-state index contributed by atoms with van der Waals surface area (Å²) in [6, 6.07) is 10.6. The lowest BCUT2D eigenvalue weighted by Crippen LogP contribution is -2.14. The molecule has 118 valence electrons. The number of rotatable bonds is 6. The van der Waals surface area contributed by atoms with Crippen molar-refractivity contribution < 1.29 is 17.9 Å². The Bertz CT molecular complexity index is 760. The van der Waals surface area contributed by atoms with Gasteiger partial charge in [0.1, 0.15) is 12.3 Å². The summed E-state index contributed by atoms with van der Waals surface area (Å²) in [7, 11) is -3.63. The van der Waals surface area contributed by atoms with Crippen LogP contribution in [0.5, 0.6) is 0 Å². The number of hydrogen-bond donors (Lipinski definition) is 2. The number of esters is 1. The van der Waals surface area contributed by atoms with Gasteiger partial charge in [0, 0.05) is 12.7 Å². The van der Waals surface area contributed by atoms with Gasteiger partial charge in [-0.25, -0.2) is 8.77 Å². The highest BCUT2D eigenvalue weighted by Gasteiger charge is 2.21. The van der Waals surface area contributed by atoms with Gasteiger partial charge in [-0.15, -0.1) is 0 Å².